The second-order valence-electron chi connectivity index (χ2n) is 4.87. The standard InChI is InChI=1S/C12H13F3N2O.ClH/c13-12(14,15)10-4-9(1-2-17-10)18-11-7-3-8(11)6-16-5-7;/h1-2,4,7-8,11,16H,3,5-6H2;1H/t7-,8+,11?;. The molecule has 1 saturated carbocycles. The van der Waals surface area contributed by atoms with Crippen molar-refractivity contribution in [1.82, 2.24) is 10.3 Å². The normalized spacial score (nSPS) is 29.1. The summed E-state index contributed by atoms with van der Waals surface area (Å²) in [4.78, 5) is 3.32. The minimum atomic E-state index is -4.42. The number of piperidine rings is 2. The molecule has 19 heavy (non-hydrogen) atoms. The van der Waals surface area contributed by atoms with E-state index in [2.05, 4.69) is 10.3 Å². The van der Waals surface area contributed by atoms with E-state index in [-0.39, 0.29) is 24.3 Å². The molecule has 2 fully saturated rings. The summed E-state index contributed by atoms with van der Waals surface area (Å²) < 4.78 is 43.2. The number of halogens is 4. The maximum absolute atomic E-state index is 12.5. The van der Waals surface area contributed by atoms with Crippen LogP contribution >= 0.6 is 12.4 Å². The first-order valence-electron chi connectivity index (χ1n) is 5.94. The molecule has 0 spiro atoms. The first-order valence-corrected chi connectivity index (χ1v) is 5.94. The Morgan fingerprint density at radius 1 is 1.26 bits per heavy atom. The molecule has 1 aliphatic heterocycles. The Balaban J connectivity index is 0.00000133. The van der Waals surface area contributed by atoms with Crippen LogP contribution in [0.25, 0.3) is 0 Å². The highest BCUT2D eigenvalue weighted by atomic mass is 35.5. The first-order chi connectivity index (χ1) is 8.54. The van der Waals surface area contributed by atoms with Crippen molar-refractivity contribution in [2.75, 3.05) is 13.1 Å². The summed E-state index contributed by atoms with van der Waals surface area (Å²) in [6.07, 6.45) is -2.12. The van der Waals surface area contributed by atoms with Crippen molar-refractivity contribution in [2.45, 2.75) is 18.7 Å². The number of ether oxygens (including phenoxy) is 1. The summed E-state index contributed by atoms with van der Waals surface area (Å²) in [7, 11) is 0. The molecule has 0 amide bonds. The molecule has 3 atom stereocenters. The molecule has 106 valence electrons. The van der Waals surface area contributed by atoms with E-state index in [4.69, 9.17) is 4.74 Å². The number of aromatic nitrogens is 1. The number of hydrogen-bond donors (Lipinski definition) is 1. The van der Waals surface area contributed by atoms with Crippen LogP contribution in [0.5, 0.6) is 5.75 Å². The maximum atomic E-state index is 12.5. The molecule has 0 radical (unpaired) electrons. The molecule has 2 aliphatic rings. The first kappa shape index (κ1) is 14.4. The van der Waals surface area contributed by atoms with Gasteiger partial charge in [-0.25, -0.2) is 0 Å². The predicted molar refractivity (Wildman–Crippen MR) is 65.4 cm³/mol. The number of pyridine rings is 1. The number of nitrogens with one attached hydrogen (secondary N) is 1. The van der Waals surface area contributed by atoms with Crippen molar-refractivity contribution >= 4 is 12.4 Å². The zero-order valence-electron chi connectivity index (χ0n) is 9.98. The minimum absolute atomic E-state index is 0. The van der Waals surface area contributed by atoms with E-state index < -0.39 is 11.9 Å². The monoisotopic (exact) mass is 294 g/mol. The molecule has 0 aromatic carbocycles. The van der Waals surface area contributed by atoms with Gasteiger partial charge in [-0.2, -0.15) is 13.2 Å². The second-order valence-corrected chi connectivity index (χ2v) is 4.87. The average molecular weight is 295 g/mol. The Bertz CT molecular complexity index is 441. The van der Waals surface area contributed by atoms with Crippen LogP contribution in [0.1, 0.15) is 12.1 Å². The summed E-state index contributed by atoms with van der Waals surface area (Å²) in [5.74, 6) is 1.11. The Kier molecular flexibility index (Phi) is 3.92. The number of rotatable bonds is 2. The van der Waals surface area contributed by atoms with Gasteiger partial charge >= 0.3 is 6.18 Å². The highest BCUT2D eigenvalue weighted by Gasteiger charge is 2.45. The van der Waals surface area contributed by atoms with Crippen molar-refractivity contribution in [2.24, 2.45) is 11.8 Å². The van der Waals surface area contributed by atoms with E-state index in [9.17, 15) is 13.2 Å². The van der Waals surface area contributed by atoms with Crippen LogP contribution in [-0.4, -0.2) is 24.2 Å². The molecular weight excluding hydrogens is 281 g/mol. The SMILES string of the molecule is Cl.FC(F)(F)c1cc(OC2[C@@H]3CNC[C@H]2C3)ccn1. The van der Waals surface area contributed by atoms with Gasteiger partial charge in [0.15, 0.2) is 0 Å². The summed E-state index contributed by atoms with van der Waals surface area (Å²) in [5.41, 5.74) is -0.900. The number of alkyl halides is 3. The Morgan fingerprint density at radius 3 is 2.53 bits per heavy atom. The van der Waals surface area contributed by atoms with E-state index in [0.717, 1.165) is 31.8 Å². The van der Waals surface area contributed by atoms with Crippen LogP contribution < -0.4 is 10.1 Å². The van der Waals surface area contributed by atoms with Crippen LogP contribution in [-0.2, 0) is 6.18 Å². The quantitative estimate of drug-likeness (QED) is 0.910. The fourth-order valence-electron chi connectivity index (χ4n) is 2.69. The van der Waals surface area contributed by atoms with Gasteiger partial charge in [0.05, 0.1) is 0 Å². The lowest BCUT2D eigenvalue weighted by Gasteiger charge is -2.49. The van der Waals surface area contributed by atoms with Gasteiger partial charge in [0.2, 0.25) is 0 Å². The van der Waals surface area contributed by atoms with Crippen molar-refractivity contribution in [3.63, 3.8) is 0 Å². The zero-order valence-corrected chi connectivity index (χ0v) is 10.8. The molecule has 1 aliphatic carbocycles. The van der Waals surface area contributed by atoms with Gasteiger partial charge in [0.1, 0.15) is 17.5 Å². The summed E-state index contributed by atoms with van der Waals surface area (Å²) >= 11 is 0. The highest BCUT2D eigenvalue weighted by molar-refractivity contribution is 5.85. The van der Waals surface area contributed by atoms with Crippen LogP contribution in [0.3, 0.4) is 0 Å². The number of hydrogen-bond acceptors (Lipinski definition) is 3. The van der Waals surface area contributed by atoms with E-state index in [1.165, 1.54) is 6.07 Å². The lowest BCUT2D eigenvalue weighted by Crippen LogP contribution is -2.59. The molecule has 3 nitrogen and oxygen atoms in total. The van der Waals surface area contributed by atoms with Gasteiger partial charge in [-0.1, -0.05) is 0 Å². The topological polar surface area (TPSA) is 34.1 Å². The highest BCUT2D eigenvalue weighted by Crippen LogP contribution is 2.40. The van der Waals surface area contributed by atoms with Gasteiger partial charge in [-0.15, -0.1) is 12.4 Å². The fraction of sp³-hybridized carbons (Fsp3) is 0.583. The lowest BCUT2D eigenvalue weighted by molar-refractivity contribution is -0.141. The molecule has 1 saturated heterocycles. The van der Waals surface area contributed by atoms with Gasteiger partial charge in [-0.05, 0) is 12.5 Å². The molecule has 1 aromatic rings. The van der Waals surface area contributed by atoms with Crippen molar-refractivity contribution in [1.29, 1.82) is 0 Å². The Labute approximate surface area is 115 Å². The second kappa shape index (κ2) is 5.17. The smallest absolute Gasteiger partial charge is 0.433 e. The van der Waals surface area contributed by atoms with Gasteiger partial charge in [0, 0.05) is 37.2 Å². The van der Waals surface area contributed by atoms with Crippen molar-refractivity contribution in [3.05, 3.63) is 24.0 Å². The predicted octanol–water partition coefficient (Wildman–Crippen LogP) is 2.51. The summed E-state index contributed by atoms with van der Waals surface area (Å²) in [6, 6.07) is 2.46. The lowest BCUT2D eigenvalue weighted by atomic mass is 9.69. The maximum Gasteiger partial charge on any atom is 0.433 e. The minimum Gasteiger partial charge on any atom is -0.490 e. The van der Waals surface area contributed by atoms with Gasteiger partial charge < -0.3 is 10.1 Å². The van der Waals surface area contributed by atoms with Crippen molar-refractivity contribution < 1.29 is 17.9 Å². The van der Waals surface area contributed by atoms with Crippen LogP contribution in [0.2, 0.25) is 0 Å². The van der Waals surface area contributed by atoms with E-state index in [1.54, 1.807) is 0 Å². The average Bonchev–Trinajstić information content (AvgIpc) is 2.36. The summed E-state index contributed by atoms with van der Waals surface area (Å²) in [5, 5.41) is 3.26. The van der Waals surface area contributed by atoms with Crippen LogP contribution in [0.15, 0.2) is 18.3 Å². The summed E-state index contributed by atoms with van der Waals surface area (Å²) in [6.45, 7) is 1.77. The molecule has 1 unspecified atom stereocenters. The van der Waals surface area contributed by atoms with E-state index in [0.29, 0.717) is 11.8 Å². The molecule has 3 rings (SSSR count). The molecule has 2 bridgehead atoms. The molecular formula is C12H14ClF3N2O. The third-order valence-corrected chi connectivity index (χ3v) is 3.64. The zero-order chi connectivity index (χ0) is 12.8. The Morgan fingerprint density at radius 2 is 1.95 bits per heavy atom. The van der Waals surface area contributed by atoms with Crippen LogP contribution in [0, 0.1) is 11.8 Å². The van der Waals surface area contributed by atoms with Gasteiger partial charge in [-0.3, -0.25) is 4.98 Å². The fourth-order valence-corrected chi connectivity index (χ4v) is 2.69. The number of nitrogens with zero attached hydrogens (tertiary/aromatic N) is 1. The molecule has 7 heteroatoms. The Hall–Kier alpha value is -1.01. The molecule has 1 aromatic heterocycles. The van der Waals surface area contributed by atoms with Crippen LogP contribution in [0.4, 0.5) is 13.2 Å². The molecule has 1 N–H and O–H groups in total. The van der Waals surface area contributed by atoms with Gasteiger partial charge in [0.25, 0.3) is 0 Å². The van der Waals surface area contributed by atoms with Crippen molar-refractivity contribution in [3.8, 4) is 5.75 Å². The molecule has 2 heterocycles. The van der Waals surface area contributed by atoms with E-state index >= 15 is 0 Å². The largest absolute Gasteiger partial charge is 0.490 e. The third kappa shape index (κ3) is 2.79. The number of fused-ring (bicyclic) bond motifs is 2. The third-order valence-electron chi connectivity index (χ3n) is 3.64. The van der Waals surface area contributed by atoms with E-state index in [1.807, 2.05) is 0 Å².